The van der Waals surface area contributed by atoms with Gasteiger partial charge in [0.25, 0.3) is 0 Å². The van der Waals surface area contributed by atoms with E-state index in [9.17, 15) is 0 Å². The molecule has 0 saturated heterocycles. The Labute approximate surface area is 340 Å². The number of rotatable bonds is 5. The Bertz CT molecular complexity index is 3320. The predicted molar refractivity (Wildman–Crippen MR) is 238 cm³/mol. The van der Waals surface area contributed by atoms with Crippen LogP contribution in [-0.2, 0) is 5.41 Å². The quantitative estimate of drug-likeness (QED) is 0.189. The lowest BCUT2D eigenvalue weighted by Crippen LogP contribution is -2.36. The van der Waals surface area contributed by atoms with Crippen LogP contribution in [0.5, 0.6) is 0 Å². The molecule has 0 bridgehead atoms. The van der Waals surface area contributed by atoms with Gasteiger partial charge in [-0.25, -0.2) is 20.0 Å². The monoisotopic (exact) mass is 760 g/mol. The standard InChI is InChI=1S/C52H36N6O/c1-52(2)40-23-13-12-21-36(40)45-47(52)54-51-46(53-45)38-29-33(25-27-41(38)58(51)35-19-10-5-11-20-35)34-26-28-42-39(30-34)44-37(22-14-24-43(44)59-42)50-56-48(31-15-6-3-7-16-31)55-49(57-50)32-17-8-4-9-18-32/h3-30,50H,1-2H3,(H,55,56,57). The van der Waals surface area contributed by atoms with E-state index in [2.05, 4.69) is 139 Å². The molecule has 7 aromatic carbocycles. The fraction of sp³-hybridized carbons (Fsp3) is 0.0769. The molecule has 0 fully saturated rings. The van der Waals surface area contributed by atoms with E-state index >= 15 is 0 Å². The second-order valence-electron chi connectivity index (χ2n) is 15.9. The second-order valence-corrected chi connectivity index (χ2v) is 15.9. The number of benzene rings is 7. The molecule has 0 radical (unpaired) electrons. The number of aliphatic imine (C=N–C) groups is 2. The van der Waals surface area contributed by atoms with Crippen molar-refractivity contribution in [3.63, 3.8) is 0 Å². The molecule has 0 saturated carbocycles. The summed E-state index contributed by atoms with van der Waals surface area (Å²) < 4.78 is 8.79. The Morgan fingerprint density at radius 3 is 1.95 bits per heavy atom. The molecule has 0 amide bonds. The maximum Gasteiger partial charge on any atom is 0.170 e. The maximum atomic E-state index is 6.53. The highest BCUT2D eigenvalue weighted by molar-refractivity contribution is 6.16. The van der Waals surface area contributed by atoms with Crippen LogP contribution in [0.4, 0.5) is 0 Å². The first kappa shape index (κ1) is 33.5. The smallest absolute Gasteiger partial charge is 0.170 e. The Morgan fingerprint density at radius 2 is 1.22 bits per heavy atom. The van der Waals surface area contributed by atoms with Gasteiger partial charge >= 0.3 is 0 Å². The first-order valence-electron chi connectivity index (χ1n) is 20.0. The summed E-state index contributed by atoms with van der Waals surface area (Å²) in [5.41, 5.74) is 14.7. The van der Waals surface area contributed by atoms with Crippen LogP contribution in [0.2, 0.25) is 0 Å². The molecule has 59 heavy (non-hydrogen) atoms. The second kappa shape index (κ2) is 12.7. The highest BCUT2D eigenvalue weighted by Crippen LogP contribution is 2.48. The number of hydrogen-bond donors (Lipinski definition) is 1. The van der Waals surface area contributed by atoms with Gasteiger partial charge in [0.1, 0.15) is 28.4 Å². The van der Waals surface area contributed by atoms with Gasteiger partial charge in [-0.05, 0) is 59.2 Å². The molecule has 1 aliphatic heterocycles. The average molecular weight is 761 g/mol. The van der Waals surface area contributed by atoms with Gasteiger partial charge in [-0.1, -0.05) is 141 Å². The number of fused-ring (bicyclic) bond motifs is 9. The minimum Gasteiger partial charge on any atom is -0.456 e. The summed E-state index contributed by atoms with van der Waals surface area (Å²) in [5.74, 6) is 1.55. The van der Waals surface area contributed by atoms with Gasteiger partial charge in [0.2, 0.25) is 0 Å². The van der Waals surface area contributed by atoms with Gasteiger partial charge in [0.05, 0.1) is 16.9 Å². The maximum absolute atomic E-state index is 6.53. The van der Waals surface area contributed by atoms with Crippen LogP contribution in [0.15, 0.2) is 184 Å². The van der Waals surface area contributed by atoms with Crippen molar-refractivity contribution in [2.24, 2.45) is 9.98 Å². The molecule has 280 valence electrons. The van der Waals surface area contributed by atoms with Crippen LogP contribution in [0, 0.1) is 0 Å². The van der Waals surface area contributed by atoms with Gasteiger partial charge in [-0.3, -0.25) is 4.57 Å². The first-order chi connectivity index (χ1) is 29.0. The predicted octanol–water partition coefficient (Wildman–Crippen LogP) is 11.9. The molecule has 0 unspecified atom stereocenters. The zero-order chi connectivity index (χ0) is 39.2. The number of aromatic nitrogens is 3. The normalized spacial score (nSPS) is 14.7. The van der Waals surface area contributed by atoms with Crippen LogP contribution in [0.1, 0.15) is 48.0 Å². The van der Waals surface area contributed by atoms with Crippen molar-refractivity contribution in [1.29, 1.82) is 0 Å². The number of nitrogens with one attached hydrogen (secondary N) is 1. The third kappa shape index (κ3) is 5.14. The lowest BCUT2D eigenvalue weighted by molar-refractivity contribution is 0.637. The molecule has 0 spiro atoms. The topological polar surface area (TPSA) is 80.6 Å². The summed E-state index contributed by atoms with van der Waals surface area (Å²) in [6, 6.07) is 58.9. The zero-order valence-electron chi connectivity index (χ0n) is 32.4. The van der Waals surface area contributed by atoms with Gasteiger partial charge in [0, 0.05) is 49.5 Å². The van der Waals surface area contributed by atoms with E-state index in [0.29, 0.717) is 0 Å². The van der Waals surface area contributed by atoms with Crippen LogP contribution in [0.3, 0.4) is 0 Å². The van der Waals surface area contributed by atoms with Crippen molar-refractivity contribution in [3.8, 4) is 28.1 Å². The van der Waals surface area contributed by atoms with Crippen molar-refractivity contribution in [3.05, 3.63) is 198 Å². The largest absolute Gasteiger partial charge is 0.456 e. The van der Waals surface area contributed by atoms with Crippen molar-refractivity contribution < 1.29 is 4.42 Å². The SMILES string of the molecule is CC1(C)c2ccccc2-c2nc3c4cc(-c5ccc6oc7cccc(C8N=C(c9ccccc9)NC(c9ccccc9)=N8)c7c6c5)ccc4n(-c4ccccc4)c3nc21. The summed E-state index contributed by atoms with van der Waals surface area (Å²) >= 11 is 0. The summed E-state index contributed by atoms with van der Waals surface area (Å²) in [5, 5.41) is 6.60. The van der Waals surface area contributed by atoms with Gasteiger partial charge in [-0.15, -0.1) is 0 Å². The third-order valence-electron chi connectivity index (χ3n) is 12.0. The Hall–Kier alpha value is -7.64. The van der Waals surface area contributed by atoms with E-state index in [1.165, 1.54) is 5.56 Å². The van der Waals surface area contributed by atoms with Crippen molar-refractivity contribution in [1.82, 2.24) is 19.9 Å². The van der Waals surface area contributed by atoms with E-state index in [-0.39, 0.29) is 5.41 Å². The van der Waals surface area contributed by atoms with Gasteiger partial charge in [0.15, 0.2) is 11.8 Å². The summed E-state index contributed by atoms with van der Waals surface area (Å²) in [4.78, 5) is 21.4. The molecule has 10 aromatic rings. The lowest BCUT2D eigenvalue weighted by Gasteiger charge is -2.22. The van der Waals surface area contributed by atoms with E-state index in [1.807, 2.05) is 54.6 Å². The van der Waals surface area contributed by atoms with Crippen LogP contribution >= 0.6 is 0 Å². The summed E-state index contributed by atoms with van der Waals surface area (Å²) in [7, 11) is 0. The summed E-state index contributed by atoms with van der Waals surface area (Å²) in [6.07, 6.45) is -0.495. The van der Waals surface area contributed by atoms with E-state index in [1.54, 1.807) is 0 Å². The van der Waals surface area contributed by atoms with E-state index < -0.39 is 6.17 Å². The van der Waals surface area contributed by atoms with Crippen LogP contribution < -0.4 is 5.32 Å². The molecule has 1 N–H and O–H groups in total. The van der Waals surface area contributed by atoms with Gasteiger partial charge < -0.3 is 9.73 Å². The molecule has 12 rings (SSSR count). The third-order valence-corrected chi connectivity index (χ3v) is 12.0. The number of para-hydroxylation sites is 1. The molecule has 0 atom stereocenters. The molecule has 2 aliphatic rings. The average Bonchev–Trinajstić information content (AvgIpc) is 3.91. The lowest BCUT2D eigenvalue weighted by atomic mass is 9.85. The number of hydrogen-bond acceptors (Lipinski definition) is 6. The number of nitrogens with zero attached hydrogens (tertiary/aromatic N) is 5. The number of amidine groups is 2. The summed E-state index contributed by atoms with van der Waals surface area (Å²) in [6.45, 7) is 4.50. The zero-order valence-corrected chi connectivity index (χ0v) is 32.4. The van der Waals surface area contributed by atoms with Gasteiger partial charge in [-0.2, -0.15) is 0 Å². The molecule has 7 heteroatoms. The van der Waals surface area contributed by atoms with Crippen LogP contribution in [-0.4, -0.2) is 26.2 Å². The fourth-order valence-corrected chi connectivity index (χ4v) is 9.13. The molecule has 4 heterocycles. The fourth-order valence-electron chi connectivity index (χ4n) is 9.13. The van der Waals surface area contributed by atoms with E-state index in [0.717, 1.165) is 106 Å². The Kier molecular flexibility index (Phi) is 7.20. The molecule has 3 aromatic heterocycles. The van der Waals surface area contributed by atoms with E-state index in [4.69, 9.17) is 24.4 Å². The van der Waals surface area contributed by atoms with Crippen molar-refractivity contribution in [2.45, 2.75) is 25.4 Å². The Balaban J connectivity index is 1.04. The van der Waals surface area contributed by atoms with Crippen molar-refractivity contribution in [2.75, 3.05) is 0 Å². The minimum atomic E-state index is -0.495. The number of furan rings is 1. The highest BCUT2D eigenvalue weighted by Gasteiger charge is 2.39. The van der Waals surface area contributed by atoms with Crippen molar-refractivity contribution >= 4 is 55.7 Å². The first-order valence-corrected chi connectivity index (χ1v) is 20.0. The molecule has 7 nitrogen and oxygen atoms in total. The van der Waals surface area contributed by atoms with Crippen LogP contribution in [0.25, 0.3) is 72.1 Å². The Morgan fingerprint density at radius 1 is 0.576 bits per heavy atom. The molecular formula is C52H36N6O. The molecular weight excluding hydrogens is 725 g/mol. The highest BCUT2D eigenvalue weighted by atomic mass is 16.3. The minimum absolute atomic E-state index is 0.269. The molecule has 1 aliphatic carbocycles.